The van der Waals surface area contributed by atoms with Crippen molar-refractivity contribution in [2.45, 2.75) is 48.9 Å². The second-order valence-electron chi connectivity index (χ2n) is 7.59. The van der Waals surface area contributed by atoms with E-state index in [0.717, 1.165) is 6.54 Å². The van der Waals surface area contributed by atoms with Crippen LogP contribution in [-0.2, 0) is 13.0 Å². The number of aryl methyl sites for hydroxylation is 3. The first-order chi connectivity index (χ1) is 14.3. The molecule has 3 aromatic carbocycles. The second kappa shape index (κ2) is 11.5. The number of pyridine rings is 1. The van der Waals surface area contributed by atoms with E-state index in [0.29, 0.717) is 0 Å². The van der Waals surface area contributed by atoms with Crippen molar-refractivity contribution in [2.24, 2.45) is 0 Å². The number of rotatable bonds is 8. The summed E-state index contributed by atoms with van der Waals surface area (Å²) in [6, 6.07) is 30.5. The van der Waals surface area contributed by atoms with E-state index in [4.69, 9.17) is 0 Å². The Kier molecular flexibility index (Phi) is 8.76. The van der Waals surface area contributed by atoms with Crippen molar-refractivity contribution in [1.82, 2.24) is 0 Å². The summed E-state index contributed by atoms with van der Waals surface area (Å²) < 4.78 is 2.44. The van der Waals surface area contributed by atoms with E-state index >= 15 is 0 Å². The Balaban J connectivity index is 0.00000256. The molecule has 1 aromatic heterocycles. The van der Waals surface area contributed by atoms with E-state index in [9.17, 15) is 0 Å². The largest absolute Gasteiger partial charge is 1.00 e. The van der Waals surface area contributed by atoms with Crippen molar-refractivity contribution >= 4 is 22.7 Å². The lowest BCUT2D eigenvalue weighted by molar-refractivity contribution is -0.673. The fourth-order valence-electron chi connectivity index (χ4n) is 3.76. The zero-order valence-corrected chi connectivity index (χ0v) is 20.4. The third kappa shape index (κ3) is 6.08. The van der Waals surface area contributed by atoms with Gasteiger partial charge < -0.3 is 24.0 Å². The molecule has 0 aliphatic heterocycles. The number of hydrogen-bond acceptors (Lipinski definition) is 1. The monoisotopic (exact) mass is 525 g/mol. The molecule has 0 aliphatic rings. The zero-order chi connectivity index (χ0) is 19.9. The molecule has 0 saturated carbocycles. The van der Waals surface area contributed by atoms with E-state index in [2.05, 4.69) is 103 Å². The predicted octanol–water partition coefficient (Wildman–Crippen LogP) is 4.00. The van der Waals surface area contributed by atoms with Gasteiger partial charge in [0, 0.05) is 22.8 Å². The molecular formula is C27H28INS. The minimum atomic E-state index is 0. The van der Waals surface area contributed by atoms with E-state index in [1.165, 1.54) is 57.5 Å². The zero-order valence-electron chi connectivity index (χ0n) is 17.4. The van der Waals surface area contributed by atoms with E-state index in [1.807, 2.05) is 11.8 Å². The Bertz CT molecular complexity index is 1080. The summed E-state index contributed by atoms with van der Waals surface area (Å²) in [5.41, 5.74) is 4.10. The highest BCUT2D eigenvalue weighted by molar-refractivity contribution is 7.99. The number of para-hydroxylation sites is 1. The maximum atomic E-state index is 2.44. The van der Waals surface area contributed by atoms with Crippen LogP contribution in [0.15, 0.2) is 101 Å². The molecule has 0 unspecified atom stereocenters. The third-order valence-electron chi connectivity index (χ3n) is 5.36. The summed E-state index contributed by atoms with van der Waals surface area (Å²) in [6.07, 6.45) is 7.22. The summed E-state index contributed by atoms with van der Waals surface area (Å²) in [5.74, 6) is 0. The highest BCUT2D eigenvalue weighted by Crippen LogP contribution is 2.30. The van der Waals surface area contributed by atoms with Gasteiger partial charge in [-0.05, 0) is 55.5 Å². The van der Waals surface area contributed by atoms with Crippen LogP contribution in [0, 0.1) is 6.92 Å². The molecule has 0 saturated heterocycles. The predicted molar refractivity (Wildman–Crippen MR) is 123 cm³/mol. The Labute approximate surface area is 201 Å². The molecular weight excluding hydrogens is 497 g/mol. The summed E-state index contributed by atoms with van der Waals surface area (Å²) in [7, 11) is 0. The number of benzene rings is 3. The van der Waals surface area contributed by atoms with Gasteiger partial charge in [0.05, 0.1) is 4.90 Å². The molecule has 0 fully saturated rings. The van der Waals surface area contributed by atoms with Crippen LogP contribution >= 0.6 is 11.8 Å². The van der Waals surface area contributed by atoms with Crippen molar-refractivity contribution in [3.05, 3.63) is 102 Å². The summed E-state index contributed by atoms with van der Waals surface area (Å²) in [6.45, 7) is 3.25. The van der Waals surface area contributed by atoms with Gasteiger partial charge in [-0.2, -0.15) is 4.57 Å². The van der Waals surface area contributed by atoms with Crippen molar-refractivity contribution < 1.29 is 28.5 Å². The van der Waals surface area contributed by atoms with Crippen LogP contribution in [0.4, 0.5) is 0 Å². The molecule has 1 nitrogen and oxygen atoms in total. The van der Waals surface area contributed by atoms with Gasteiger partial charge in [0.25, 0.3) is 0 Å². The Morgan fingerprint density at radius 2 is 1.50 bits per heavy atom. The number of fused-ring (bicyclic) bond motifs is 1. The van der Waals surface area contributed by atoms with Crippen LogP contribution in [0.2, 0.25) is 0 Å². The molecule has 0 amide bonds. The molecule has 4 rings (SSSR count). The molecule has 0 aliphatic carbocycles. The molecule has 30 heavy (non-hydrogen) atoms. The lowest BCUT2D eigenvalue weighted by atomic mass is 10.1. The van der Waals surface area contributed by atoms with E-state index in [-0.39, 0.29) is 24.0 Å². The number of nitrogens with zero attached hydrogens (tertiary/aromatic N) is 1. The first-order valence-electron chi connectivity index (χ1n) is 10.5. The fraction of sp³-hybridized carbons (Fsp3) is 0.222. The SMILES string of the molecule is Cc1ccccc1Sc1cc2ccccc2[n+](CCCCCc2ccccc2)c1.[I-]. The maximum Gasteiger partial charge on any atom is 0.212 e. The number of aromatic nitrogens is 1. The lowest BCUT2D eigenvalue weighted by Gasteiger charge is -2.07. The standard InChI is InChI=1S/C27H28NS.HI/c1-22-12-7-10-18-27(22)29-25-20-24-16-8-9-17-26(24)28(21-25)19-11-3-6-15-23-13-4-2-5-14-23;/h2,4-5,7-10,12-14,16-18,20-21H,3,6,11,15,19H2,1H3;1H/q+1;/p-1. The van der Waals surface area contributed by atoms with Gasteiger partial charge in [0.1, 0.15) is 6.54 Å². The summed E-state index contributed by atoms with van der Waals surface area (Å²) in [4.78, 5) is 2.64. The minimum Gasteiger partial charge on any atom is -1.00 e. The molecule has 0 N–H and O–H groups in total. The second-order valence-corrected chi connectivity index (χ2v) is 8.71. The van der Waals surface area contributed by atoms with Crippen molar-refractivity contribution in [3.63, 3.8) is 0 Å². The fourth-order valence-corrected chi connectivity index (χ4v) is 4.75. The van der Waals surface area contributed by atoms with Crippen LogP contribution in [-0.4, -0.2) is 0 Å². The van der Waals surface area contributed by atoms with Crippen LogP contribution in [0.1, 0.15) is 30.4 Å². The van der Waals surface area contributed by atoms with Crippen LogP contribution < -0.4 is 28.5 Å². The first-order valence-corrected chi connectivity index (χ1v) is 11.3. The smallest absolute Gasteiger partial charge is 0.212 e. The quantitative estimate of drug-likeness (QED) is 0.191. The van der Waals surface area contributed by atoms with Gasteiger partial charge in [-0.15, -0.1) is 0 Å². The van der Waals surface area contributed by atoms with Crippen molar-refractivity contribution in [3.8, 4) is 0 Å². The molecule has 154 valence electrons. The van der Waals surface area contributed by atoms with Gasteiger partial charge in [0.2, 0.25) is 5.52 Å². The maximum absolute atomic E-state index is 2.44. The molecule has 0 spiro atoms. The topological polar surface area (TPSA) is 3.88 Å². The average molecular weight is 525 g/mol. The van der Waals surface area contributed by atoms with Gasteiger partial charge in [-0.25, -0.2) is 0 Å². The van der Waals surface area contributed by atoms with Crippen LogP contribution in [0.5, 0.6) is 0 Å². The summed E-state index contributed by atoms with van der Waals surface area (Å²) in [5, 5.41) is 1.32. The molecule has 0 radical (unpaired) electrons. The van der Waals surface area contributed by atoms with Gasteiger partial charge in [0.15, 0.2) is 6.20 Å². The average Bonchev–Trinajstić information content (AvgIpc) is 2.76. The van der Waals surface area contributed by atoms with Gasteiger partial charge >= 0.3 is 0 Å². The highest BCUT2D eigenvalue weighted by Gasteiger charge is 2.12. The van der Waals surface area contributed by atoms with E-state index in [1.54, 1.807) is 0 Å². The molecule has 1 heterocycles. The Hall–Kier alpha value is -1.85. The van der Waals surface area contributed by atoms with Crippen molar-refractivity contribution in [1.29, 1.82) is 0 Å². The van der Waals surface area contributed by atoms with Crippen LogP contribution in [0.25, 0.3) is 10.9 Å². The number of unbranched alkanes of at least 4 members (excludes halogenated alkanes) is 2. The normalized spacial score (nSPS) is 10.7. The van der Waals surface area contributed by atoms with Gasteiger partial charge in [-0.3, -0.25) is 0 Å². The first kappa shape index (κ1) is 22.8. The molecule has 4 aromatic rings. The number of hydrogen-bond donors (Lipinski definition) is 0. The van der Waals surface area contributed by atoms with Crippen LogP contribution in [0.3, 0.4) is 0 Å². The molecule has 0 atom stereocenters. The lowest BCUT2D eigenvalue weighted by Crippen LogP contribution is -3.00. The molecule has 0 bridgehead atoms. The summed E-state index contributed by atoms with van der Waals surface area (Å²) >= 11 is 1.86. The van der Waals surface area contributed by atoms with Gasteiger partial charge in [-0.1, -0.05) is 72.4 Å². The van der Waals surface area contributed by atoms with Crippen molar-refractivity contribution in [2.75, 3.05) is 0 Å². The van der Waals surface area contributed by atoms with E-state index < -0.39 is 0 Å². The number of halogens is 1. The minimum absolute atomic E-state index is 0. The Morgan fingerprint density at radius 3 is 2.33 bits per heavy atom. The Morgan fingerprint density at radius 1 is 0.767 bits per heavy atom. The third-order valence-corrected chi connectivity index (χ3v) is 6.49. The molecule has 3 heteroatoms. The highest BCUT2D eigenvalue weighted by atomic mass is 127.